The van der Waals surface area contributed by atoms with Crippen molar-refractivity contribution < 1.29 is 0 Å². The molecule has 5 heteroatoms. The highest BCUT2D eigenvalue weighted by Gasteiger charge is 2.21. The van der Waals surface area contributed by atoms with E-state index in [4.69, 9.17) is 10.2 Å². The Morgan fingerprint density at radius 3 is 1.59 bits per heavy atom. The van der Waals surface area contributed by atoms with Gasteiger partial charge in [-0.1, -0.05) is 80.4 Å². The number of nitrogens with zero attached hydrogens (tertiary/aromatic N) is 5. The van der Waals surface area contributed by atoms with Crippen LogP contribution in [0.1, 0.15) is 70.8 Å². The molecule has 0 aliphatic heterocycles. The molecular weight excluding hydrogens is 538 g/mol. The van der Waals surface area contributed by atoms with Crippen LogP contribution in [0.4, 0.5) is 28.4 Å². The number of azo groups is 2. The largest absolute Gasteiger partial charge is 0.372 e. The van der Waals surface area contributed by atoms with Gasteiger partial charge in [-0.25, -0.2) is 0 Å². The lowest BCUT2D eigenvalue weighted by molar-refractivity contribution is 0.308. The summed E-state index contributed by atoms with van der Waals surface area (Å²) in [5.41, 5.74) is 6.05. The lowest BCUT2D eigenvalue weighted by Gasteiger charge is -2.28. The molecule has 0 amide bonds. The normalized spacial score (nSPS) is 17.2. The van der Waals surface area contributed by atoms with Gasteiger partial charge in [-0.2, -0.15) is 5.11 Å². The molecule has 0 unspecified atom stereocenters. The second kappa shape index (κ2) is 13.9. The van der Waals surface area contributed by atoms with Gasteiger partial charge in [-0.15, -0.1) is 15.3 Å². The summed E-state index contributed by atoms with van der Waals surface area (Å²) in [7, 11) is 0. The maximum atomic E-state index is 4.74. The Morgan fingerprint density at radius 2 is 1.05 bits per heavy atom. The molecule has 0 heterocycles. The first-order chi connectivity index (χ1) is 21.7. The van der Waals surface area contributed by atoms with Crippen LogP contribution in [-0.2, 0) is 0 Å². The van der Waals surface area contributed by atoms with E-state index >= 15 is 0 Å². The predicted molar refractivity (Wildman–Crippen MR) is 186 cm³/mol. The average molecular weight is 582 g/mol. The van der Waals surface area contributed by atoms with E-state index in [0.29, 0.717) is 5.92 Å². The van der Waals surface area contributed by atoms with Crippen molar-refractivity contribution >= 4 is 50.0 Å². The molecule has 1 saturated carbocycles. The van der Waals surface area contributed by atoms with Crippen molar-refractivity contribution in [3.63, 3.8) is 0 Å². The van der Waals surface area contributed by atoms with Crippen LogP contribution in [-0.4, -0.2) is 13.1 Å². The maximum absolute atomic E-state index is 4.74. The van der Waals surface area contributed by atoms with Crippen molar-refractivity contribution in [2.45, 2.75) is 65.2 Å². The lowest BCUT2D eigenvalue weighted by atomic mass is 9.77. The van der Waals surface area contributed by atoms with Gasteiger partial charge in [0.15, 0.2) is 0 Å². The van der Waals surface area contributed by atoms with Crippen molar-refractivity contribution in [1.29, 1.82) is 0 Å². The van der Waals surface area contributed by atoms with E-state index in [1.165, 1.54) is 55.2 Å². The van der Waals surface area contributed by atoms with E-state index in [-0.39, 0.29) is 0 Å². The second-order valence-electron chi connectivity index (χ2n) is 12.0. The summed E-state index contributed by atoms with van der Waals surface area (Å²) in [4.78, 5) is 2.37. The number of anilines is 1. The van der Waals surface area contributed by atoms with Gasteiger partial charge < -0.3 is 4.90 Å². The van der Waals surface area contributed by atoms with Gasteiger partial charge >= 0.3 is 0 Å². The van der Waals surface area contributed by atoms with Gasteiger partial charge in [0, 0.05) is 40.3 Å². The monoisotopic (exact) mass is 581 g/mol. The van der Waals surface area contributed by atoms with Gasteiger partial charge in [0.2, 0.25) is 0 Å². The van der Waals surface area contributed by atoms with Crippen molar-refractivity contribution in [2.75, 3.05) is 18.0 Å². The number of hydrogen-bond donors (Lipinski definition) is 0. The van der Waals surface area contributed by atoms with Crippen LogP contribution in [0.2, 0.25) is 0 Å². The highest BCUT2D eigenvalue weighted by atomic mass is 15.1. The Labute approximate surface area is 261 Å². The molecule has 1 aliphatic carbocycles. The molecule has 6 rings (SSSR count). The van der Waals surface area contributed by atoms with Crippen LogP contribution in [0, 0.1) is 5.92 Å². The Kier molecular flexibility index (Phi) is 9.40. The molecule has 5 nitrogen and oxygen atoms in total. The van der Waals surface area contributed by atoms with Gasteiger partial charge in [0.05, 0.1) is 22.7 Å². The molecule has 0 radical (unpaired) electrons. The Hall–Kier alpha value is -4.38. The van der Waals surface area contributed by atoms with E-state index in [9.17, 15) is 0 Å². The number of hydrogen-bond acceptors (Lipinski definition) is 5. The molecule has 1 aliphatic rings. The third kappa shape index (κ3) is 6.42. The fourth-order valence-electron chi connectivity index (χ4n) is 6.86. The Morgan fingerprint density at radius 1 is 0.545 bits per heavy atom. The Balaban J connectivity index is 1.22. The summed E-state index contributed by atoms with van der Waals surface area (Å²) in [5.74, 6) is 1.61. The molecule has 5 aromatic carbocycles. The number of fused-ring (bicyclic) bond motifs is 2. The molecule has 0 N–H and O–H groups in total. The summed E-state index contributed by atoms with van der Waals surface area (Å²) in [6.45, 7) is 8.61. The molecule has 1 fully saturated rings. The molecule has 5 aromatic rings. The smallest absolute Gasteiger partial charge is 0.0936 e. The highest BCUT2D eigenvalue weighted by Crippen LogP contribution is 2.40. The SMILES string of the molecule is CCCC1CCC(c2ccc(N=Nc3ccc(N=Nc4ccc(N(CC)CC)c5ccccc45)c4ccccc34)cc2)CC1. The minimum absolute atomic E-state index is 0.679. The zero-order valence-electron chi connectivity index (χ0n) is 26.3. The topological polar surface area (TPSA) is 52.7 Å². The lowest BCUT2D eigenvalue weighted by Crippen LogP contribution is -2.21. The molecule has 0 saturated heterocycles. The highest BCUT2D eigenvalue weighted by molar-refractivity contribution is 6.02. The summed E-state index contributed by atoms with van der Waals surface area (Å²) in [6.07, 6.45) is 8.02. The zero-order valence-corrected chi connectivity index (χ0v) is 26.3. The van der Waals surface area contributed by atoms with Crippen molar-refractivity contribution in [3.05, 3.63) is 103 Å². The van der Waals surface area contributed by atoms with E-state index in [1.54, 1.807) is 0 Å². The minimum atomic E-state index is 0.679. The van der Waals surface area contributed by atoms with Crippen molar-refractivity contribution in [3.8, 4) is 0 Å². The maximum Gasteiger partial charge on any atom is 0.0936 e. The quantitative estimate of drug-likeness (QED) is 0.151. The predicted octanol–water partition coefficient (Wildman–Crippen LogP) is 12.7. The van der Waals surface area contributed by atoms with E-state index in [0.717, 1.165) is 57.9 Å². The molecule has 0 atom stereocenters. The summed E-state index contributed by atoms with van der Waals surface area (Å²) in [5, 5.41) is 23.1. The van der Waals surface area contributed by atoms with Crippen LogP contribution < -0.4 is 4.90 Å². The summed E-state index contributed by atoms with van der Waals surface area (Å²) in [6, 6.07) is 33.6. The van der Waals surface area contributed by atoms with E-state index in [2.05, 4.69) is 109 Å². The van der Waals surface area contributed by atoms with Gasteiger partial charge in [0.25, 0.3) is 0 Å². The first-order valence-electron chi connectivity index (χ1n) is 16.4. The first-order valence-corrected chi connectivity index (χ1v) is 16.4. The second-order valence-corrected chi connectivity index (χ2v) is 12.0. The van der Waals surface area contributed by atoms with Crippen molar-refractivity contribution in [2.24, 2.45) is 26.4 Å². The van der Waals surface area contributed by atoms with Crippen LogP contribution >= 0.6 is 0 Å². The third-order valence-electron chi connectivity index (χ3n) is 9.31. The van der Waals surface area contributed by atoms with Crippen LogP contribution in [0.3, 0.4) is 0 Å². The van der Waals surface area contributed by atoms with E-state index < -0.39 is 0 Å². The molecule has 0 spiro atoms. The zero-order chi connectivity index (χ0) is 30.3. The van der Waals surface area contributed by atoms with Gasteiger partial charge in [0.1, 0.15) is 0 Å². The molecular formula is C39H43N5. The standard InChI is InChI=1S/C39H43N5/c1-4-11-28-16-18-29(19-17-28)30-20-22-31(23-21-30)40-41-36-24-25-37(33-13-8-7-12-32(33)36)42-43-38-26-27-39(44(5-2)6-3)35-15-10-9-14-34(35)38/h7-10,12-15,20-29H,4-6,11,16-19H2,1-3H3. The summed E-state index contributed by atoms with van der Waals surface area (Å²) < 4.78 is 0. The van der Waals surface area contributed by atoms with Crippen molar-refractivity contribution in [1.82, 2.24) is 0 Å². The fourth-order valence-corrected chi connectivity index (χ4v) is 6.86. The first kappa shape index (κ1) is 29.7. The fraction of sp³-hybridized carbons (Fsp3) is 0.333. The average Bonchev–Trinajstić information content (AvgIpc) is 3.08. The molecule has 0 aromatic heterocycles. The molecule has 0 bridgehead atoms. The molecule has 44 heavy (non-hydrogen) atoms. The number of benzene rings is 5. The summed E-state index contributed by atoms with van der Waals surface area (Å²) >= 11 is 0. The van der Waals surface area contributed by atoms with Crippen LogP contribution in [0.25, 0.3) is 21.5 Å². The number of rotatable bonds is 10. The molecule has 224 valence electrons. The van der Waals surface area contributed by atoms with Crippen LogP contribution in [0.15, 0.2) is 118 Å². The third-order valence-corrected chi connectivity index (χ3v) is 9.31. The van der Waals surface area contributed by atoms with Crippen LogP contribution in [0.5, 0.6) is 0 Å². The Bertz CT molecular complexity index is 1760. The van der Waals surface area contributed by atoms with Gasteiger partial charge in [-0.3, -0.25) is 0 Å². The van der Waals surface area contributed by atoms with Gasteiger partial charge in [-0.05, 0) is 93.3 Å². The minimum Gasteiger partial charge on any atom is -0.372 e. The van der Waals surface area contributed by atoms with E-state index in [1.807, 2.05) is 24.3 Å².